The largest absolute Gasteiger partial charge is 0.503 e. The van der Waals surface area contributed by atoms with Crippen LogP contribution in [0, 0.1) is 0 Å². The topological polar surface area (TPSA) is 106 Å². The number of hydrogen-bond acceptors (Lipinski definition) is 5. The van der Waals surface area contributed by atoms with Gasteiger partial charge in [-0.05, 0) is 44.4 Å². The average molecular weight is 479 g/mol. The van der Waals surface area contributed by atoms with Crippen LogP contribution in [0.2, 0.25) is 0 Å². The molecule has 1 amide bonds. The molecule has 31 heavy (non-hydrogen) atoms. The smallest absolute Gasteiger partial charge is 0.450 e. The number of aromatic nitrogens is 1. The molecule has 1 saturated carbocycles. The summed E-state index contributed by atoms with van der Waals surface area (Å²) < 4.78 is 0. The average Bonchev–Trinajstić information content (AvgIpc) is 2.73. The molecule has 178 valence electrons. The highest BCUT2D eigenvalue weighted by Crippen LogP contribution is 2.18. The van der Waals surface area contributed by atoms with Gasteiger partial charge in [0.2, 0.25) is 5.91 Å². The van der Waals surface area contributed by atoms with Crippen molar-refractivity contribution < 1.29 is 19.8 Å². The Balaban J connectivity index is 0.00000138. The van der Waals surface area contributed by atoms with Gasteiger partial charge in [0.1, 0.15) is 0 Å². The van der Waals surface area contributed by atoms with Gasteiger partial charge < -0.3 is 20.4 Å². The minimum Gasteiger partial charge on any atom is -0.450 e. The van der Waals surface area contributed by atoms with E-state index < -0.39 is 6.16 Å². The second-order valence-corrected chi connectivity index (χ2v) is 7.68. The number of nitrogens with one attached hydrogen (secondary N) is 1. The number of halogens is 2. The van der Waals surface area contributed by atoms with Crippen LogP contribution in [-0.2, 0) is 4.79 Å². The van der Waals surface area contributed by atoms with Crippen LogP contribution in [0.25, 0.3) is 0 Å². The van der Waals surface area contributed by atoms with Crippen LogP contribution in [-0.4, -0.2) is 70.9 Å². The normalized spacial score (nSPS) is 16.7. The number of pyridine rings is 1. The molecular weight excluding hydrogens is 443 g/mol. The van der Waals surface area contributed by atoms with Gasteiger partial charge in [0, 0.05) is 56.7 Å². The number of nitrogens with zero attached hydrogens (tertiary/aromatic N) is 3. The third-order valence-corrected chi connectivity index (χ3v) is 5.50. The molecule has 1 aliphatic heterocycles. The van der Waals surface area contributed by atoms with Crippen LogP contribution in [0.5, 0.6) is 0 Å². The number of piperazine rings is 1. The van der Waals surface area contributed by atoms with E-state index in [0.29, 0.717) is 12.5 Å². The molecule has 0 spiro atoms. The van der Waals surface area contributed by atoms with Gasteiger partial charge in [-0.1, -0.05) is 19.3 Å². The molecule has 0 radical (unpaired) electrons. The van der Waals surface area contributed by atoms with Crippen LogP contribution in [0.4, 0.5) is 10.5 Å². The molecule has 2 aliphatic rings. The summed E-state index contributed by atoms with van der Waals surface area (Å²) in [6.45, 7) is 5.48. The summed E-state index contributed by atoms with van der Waals surface area (Å²) in [5.74, 6) is 0.259. The van der Waals surface area contributed by atoms with Crippen molar-refractivity contribution in [3.8, 4) is 0 Å². The zero-order chi connectivity index (χ0) is 20.9. The fraction of sp³-hybridized carbons (Fsp3) is 0.667. The summed E-state index contributed by atoms with van der Waals surface area (Å²) >= 11 is 0. The molecule has 8 nitrogen and oxygen atoms in total. The molecule has 2 heterocycles. The number of unbranched alkanes of at least 4 members (excludes halogenated alkanes) is 1. The van der Waals surface area contributed by atoms with Crippen molar-refractivity contribution in [3.05, 3.63) is 24.5 Å². The second-order valence-electron chi connectivity index (χ2n) is 7.68. The molecule has 1 saturated heterocycles. The molecule has 0 aromatic carbocycles. The van der Waals surface area contributed by atoms with Gasteiger partial charge in [-0.3, -0.25) is 14.7 Å². The molecule has 10 heteroatoms. The van der Waals surface area contributed by atoms with Crippen LogP contribution in [0.15, 0.2) is 24.5 Å². The Morgan fingerprint density at radius 2 is 1.55 bits per heavy atom. The molecule has 1 aromatic heterocycles. The van der Waals surface area contributed by atoms with Crippen LogP contribution in [0.1, 0.15) is 51.4 Å². The van der Waals surface area contributed by atoms with E-state index >= 15 is 0 Å². The van der Waals surface area contributed by atoms with E-state index in [-0.39, 0.29) is 30.7 Å². The van der Waals surface area contributed by atoms with E-state index in [0.717, 1.165) is 45.6 Å². The first-order valence-electron chi connectivity index (χ1n) is 10.6. The van der Waals surface area contributed by atoms with Crippen molar-refractivity contribution in [1.82, 2.24) is 15.2 Å². The van der Waals surface area contributed by atoms with E-state index in [1.165, 1.54) is 37.8 Å². The highest BCUT2D eigenvalue weighted by atomic mass is 35.5. The number of rotatable bonds is 7. The Bertz CT molecular complexity index is 607. The Labute approximate surface area is 197 Å². The first-order chi connectivity index (χ1) is 14.0. The Hall–Kier alpha value is -1.77. The van der Waals surface area contributed by atoms with Gasteiger partial charge in [-0.25, -0.2) is 4.79 Å². The molecular formula is C21H36Cl2N4O4. The van der Waals surface area contributed by atoms with Crippen molar-refractivity contribution in [2.75, 3.05) is 37.6 Å². The van der Waals surface area contributed by atoms with Crippen molar-refractivity contribution >= 4 is 42.6 Å². The number of amides is 1. The third-order valence-electron chi connectivity index (χ3n) is 5.50. The maximum atomic E-state index is 12.0. The van der Waals surface area contributed by atoms with E-state index in [4.69, 9.17) is 15.0 Å². The highest BCUT2D eigenvalue weighted by molar-refractivity contribution is 5.85. The molecule has 0 atom stereocenters. The summed E-state index contributed by atoms with van der Waals surface area (Å²) in [5.41, 5.74) is 1.27. The first-order valence-corrected chi connectivity index (χ1v) is 10.6. The number of carbonyl (C=O) groups excluding carboxylic acids is 1. The van der Waals surface area contributed by atoms with Gasteiger partial charge in [-0.2, -0.15) is 0 Å². The molecule has 0 unspecified atom stereocenters. The number of anilines is 1. The number of carboxylic acid groups (broad SMARTS) is 2. The fourth-order valence-electron chi connectivity index (χ4n) is 3.95. The molecule has 2 fully saturated rings. The lowest BCUT2D eigenvalue weighted by atomic mass is 9.95. The molecule has 1 aromatic rings. The van der Waals surface area contributed by atoms with Gasteiger partial charge in [0.05, 0.1) is 0 Å². The monoisotopic (exact) mass is 478 g/mol. The van der Waals surface area contributed by atoms with Crippen molar-refractivity contribution in [2.24, 2.45) is 0 Å². The maximum absolute atomic E-state index is 12.0. The predicted octanol–water partition coefficient (Wildman–Crippen LogP) is 3.89. The Morgan fingerprint density at radius 1 is 0.968 bits per heavy atom. The molecule has 3 N–H and O–H groups in total. The van der Waals surface area contributed by atoms with E-state index in [1.54, 1.807) is 0 Å². The van der Waals surface area contributed by atoms with Gasteiger partial charge in [0.25, 0.3) is 0 Å². The zero-order valence-corrected chi connectivity index (χ0v) is 19.6. The predicted molar refractivity (Wildman–Crippen MR) is 127 cm³/mol. The summed E-state index contributed by atoms with van der Waals surface area (Å²) in [6.07, 6.45) is 10.9. The zero-order valence-electron chi connectivity index (χ0n) is 17.9. The minimum atomic E-state index is -1.83. The van der Waals surface area contributed by atoms with Crippen molar-refractivity contribution in [3.63, 3.8) is 0 Å². The Morgan fingerprint density at radius 3 is 2.13 bits per heavy atom. The van der Waals surface area contributed by atoms with E-state index in [1.807, 2.05) is 12.4 Å². The number of carbonyl (C=O) groups is 2. The summed E-state index contributed by atoms with van der Waals surface area (Å²) in [4.78, 5) is 29.6. The Kier molecular flexibility index (Phi) is 15.9. The highest BCUT2D eigenvalue weighted by Gasteiger charge is 2.17. The van der Waals surface area contributed by atoms with Crippen molar-refractivity contribution in [1.29, 1.82) is 0 Å². The summed E-state index contributed by atoms with van der Waals surface area (Å²) in [7, 11) is 0. The van der Waals surface area contributed by atoms with E-state index in [2.05, 4.69) is 32.2 Å². The van der Waals surface area contributed by atoms with Crippen LogP contribution < -0.4 is 10.2 Å². The maximum Gasteiger partial charge on any atom is 0.503 e. The quantitative estimate of drug-likeness (QED) is 0.510. The first kappa shape index (κ1) is 29.2. The van der Waals surface area contributed by atoms with Gasteiger partial charge in [0.15, 0.2) is 0 Å². The number of hydrogen-bond donors (Lipinski definition) is 3. The summed E-state index contributed by atoms with van der Waals surface area (Å²) in [6, 6.07) is 4.61. The minimum absolute atomic E-state index is 0. The molecule has 0 bridgehead atoms. The van der Waals surface area contributed by atoms with Crippen molar-refractivity contribution in [2.45, 2.75) is 57.4 Å². The lowest BCUT2D eigenvalue weighted by molar-refractivity contribution is -0.122. The lowest BCUT2D eigenvalue weighted by Crippen LogP contribution is -2.46. The van der Waals surface area contributed by atoms with Crippen LogP contribution in [0.3, 0.4) is 0 Å². The molecule has 1 aliphatic carbocycles. The van der Waals surface area contributed by atoms with Gasteiger partial charge >= 0.3 is 6.16 Å². The lowest BCUT2D eigenvalue weighted by Gasteiger charge is -2.36. The van der Waals surface area contributed by atoms with E-state index in [9.17, 15) is 4.79 Å². The fourth-order valence-corrected chi connectivity index (χ4v) is 3.95. The standard InChI is InChI=1S/C20H32N4O.CH2O3.2ClH/c25-20(22-18-6-2-1-3-7-18)8-4-5-13-23-14-16-24(17-15-23)19-9-11-21-12-10-19;2-1(3)4;;/h9-12,18H,1-8,13-17H2,(H,22,25);(H2,2,3,4);2*1H. The van der Waals surface area contributed by atoms with Crippen LogP contribution >= 0.6 is 24.8 Å². The second kappa shape index (κ2) is 16.9. The SMILES string of the molecule is Cl.Cl.O=C(CCCCN1CCN(c2ccncc2)CC1)NC1CCCCC1.O=C(O)O. The van der Waals surface area contributed by atoms with Gasteiger partial charge in [-0.15, -0.1) is 24.8 Å². The third kappa shape index (κ3) is 12.6. The summed E-state index contributed by atoms with van der Waals surface area (Å²) in [5, 5.41) is 17.2. The molecule has 3 rings (SSSR count).